The van der Waals surface area contributed by atoms with Crippen LogP contribution in [0.4, 0.5) is 0 Å². The van der Waals surface area contributed by atoms with Gasteiger partial charge in [-0.25, -0.2) is 0 Å². The van der Waals surface area contributed by atoms with Gasteiger partial charge >= 0.3 is 5.97 Å². The van der Waals surface area contributed by atoms with Crippen LogP contribution in [-0.4, -0.2) is 40.2 Å². The molecule has 0 radical (unpaired) electrons. The zero-order valence-corrected chi connectivity index (χ0v) is 17.5. The lowest BCUT2D eigenvalue weighted by Crippen LogP contribution is -2.06. The van der Waals surface area contributed by atoms with Crippen molar-refractivity contribution in [2.24, 2.45) is 0 Å². The molecule has 0 bridgehead atoms. The fourth-order valence-electron chi connectivity index (χ4n) is 2.96. The number of carbonyl (C=O) groups is 1. The number of ether oxygens (including phenoxy) is 2. The van der Waals surface area contributed by atoms with Gasteiger partial charge in [-0.2, -0.15) is 0 Å². The summed E-state index contributed by atoms with van der Waals surface area (Å²) in [5.41, 5.74) is 2.06. The summed E-state index contributed by atoms with van der Waals surface area (Å²) in [6.07, 6.45) is 1.78. The van der Waals surface area contributed by atoms with Crippen molar-refractivity contribution in [1.29, 1.82) is 0 Å². The lowest BCUT2D eigenvalue weighted by Gasteiger charge is -2.14. The number of esters is 1. The lowest BCUT2D eigenvalue weighted by molar-refractivity contribution is -0.143. The van der Waals surface area contributed by atoms with Gasteiger partial charge in [-0.1, -0.05) is 54.2 Å². The Morgan fingerprint density at radius 1 is 1.07 bits per heavy atom. The Hall–Kier alpha value is -2.80. The van der Waals surface area contributed by atoms with Gasteiger partial charge in [0.05, 0.1) is 19.4 Å². The van der Waals surface area contributed by atoms with E-state index < -0.39 is 0 Å². The molecule has 3 aromatic rings. The van der Waals surface area contributed by atoms with Crippen LogP contribution in [0.15, 0.2) is 59.8 Å². The minimum atomic E-state index is -0.163. The normalized spacial score (nSPS) is 10.7. The molecular formula is C22H25N3O3S. The van der Waals surface area contributed by atoms with Crippen molar-refractivity contribution in [2.45, 2.75) is 31.3 Å². The van der Waals surface area contributed by atoms with Gasteiger partial charge in [-0.05, 0) is 31.0 Å². The molecule has 7 heteroatoms. The van der Waals surface area contributed by atoms with Crippen molar-refractivity contribution in [1.82, 2.24) is 14.8 Å². The average Bonchev–Trinajstić information content (AvgIpc) is 3.14. The second-order valence-corrected chi connectivity index (χ2v) is 7.39. The molecule has 0 saturated heterocycles. The molecule has 0 amide bonds. The smallest absolute Gasteiger partial charge is 0.305 e. The fraction of sp³-hybridized carbons (Fsp3) is 0.318. The third kappa shape index (κ3) is 5.60. The predicted molar refractivity (Wildman–Crippen MR) is 114 cm³/mol. The minimum Gasteiger partial charge on any atom is -0.495 e. The molecule has 1 heterocycles. The molecule has 1 aromatic heterocycles. The van der Waals surface area contributed by atoms with Gasteiger partial charge in [0, 0.05) is 18.6 Å². The molecule has 0 spiro atoms. The number of thioether (sulfide) groups is 1. The predicted octanol–water partition coefficient (Wildman–Crippen LogP) is 4.30. The van der Waals surface area contributed by atoms with E-state index in [1.807, 2.05) is 54.0 Å². The molecule has 0 aliphatic carbocycles. The number of hydrogen-bond donors (Lipinski definition) is 0. The Morgan fingerprint density at radius 3 is 2.59 bits per heavy atom. The van der Waals surface area contributed by atoms with Crippen molar-refractivity contribution in [2.75, 3.05) is 19.5 Å². The summed E-state index contributed by atoms with van der Waals surface area (Å²) in [6, 6.07) is 18.0. The van der Waals surface area contributed by atoms with Crippen LogP contribution >= 0.6 is 11.8 Å². The zero-order chi connectivity index (χ0) is 20.5. The first-order chi connectivity index (χ1) is 14.2. The highest BCUT2D eigenvalue weighted by molar-refractivity contribution is 7.99. The van der Waals surface area contributed by atoms with Gasteiger partial charge in [0.1, 0.15) is 11.6 Å². The Morgan fingerprint density at radius 2 is 1.83 bits per heavy atom. The van der Waals surface area contributed by atoms with Crippen LogP contribution in [-0.2, 0) is 16.0 Å². The van der Waals surface area contributed by atoms with Crippen LogP contribution in [0.25, 0.3) is 5.69 Å². The van der Waals surface area contributed by atoms with Crippen LogP contribution < -0.4 is 4.74 Å². The number of hydrogen-bond acceptors (Lipinski definition) is 6. The second kappa shape index (κ2) is 10.7. The first-order valence-corrected chi connectivity index (χ1v) is 10.6. The van der Waals surface area contributed by atoms with E-state index >= 15 is 0 Å². The molecule has 0 aliphatic heterocycles. The fourth-order valence-corrected chi connectivity index (χ4v) is 3.86. The van der Waals surface area contributed by atoms with E-state index in [1.54, 1.807) is 18.9 Å². The van der Waals surface area contributed by atoms with Crippen molar-refractivity contribution in [3.8, 4) is 11.4 Å². The molecule has 29 heavy (non-hydrogen) atoms. The van der Waals surface area contributed by atoms with E-state index in [1.165, 1.54) is 0 Å². The summed E-state index contributed by atoms with van der Waals surface area (Å²) in [6.45, 7) is 2.23. The van der Waals surface area contributed by atoms with Gasteiger partial charge in [0.15, 0.2) is 5.16 Å². The first kappa shape index (κ1) is 20.9. The number of carbonyl (C=O) groups excluding carboxylic acids is 1. The molecule has 6 nitrogen and oxygen atoms in total. The summed E-state index contributed by atoms with van der Waals surface area (Å²) < 4.78 is 12.6. The van der Waals surface area contributed by atoms with E-state index in [-0.39, 0.29) is 5.97 Å². The van der Waals surface area contributed by atoms with Crippen molar-refractivity contribution < 1.29 is 14.3 Å². The Kier molecular flexibility index (Phi) is 7.69. The number of nitrogens with zero attached hydrogens (tertiary/aromatic N) is 3. The molecule has 152 valence electrons. The third-order valence-electron chi connectivity index (χ3n) is 4.29. The Bertz CT molecular complexity index is 928. The molecule has 0 fully saturated rings. The van der Waals surface area contributed by atoms with Crippen molar-refractivity contribution in [3.05, 3.63) is 66.0 Å². The highest BCUT2D eigenvalue weighted by atomic mass is 32.2. The molecule has 0 atom stereocenters. The summed E-state index contributed by atoms with van der Waals surface area (Å²) in [5, 5.41) is 9.65. The number of methoxy groups -OCH3 is 1. The highest BCUT2D eigenvalue weighted by Gasteiger charge is 2.18. The van der Waals surface area contributed by atoms with E-state index in [0.29, 0.717) is 19.4 Å². The zero-order valence-electron chi connectivity index (χ0n) is 16.7. The van der Waals surface area contributed by atoms with E-state index in [0.717, 1.165) is 40.2 Å². The summed E-state index contributed by atoms with van der Waals surface area (Å²) in [7, 11) is 1.66. The summed E-state index contributed by atoms with van der Waals surface area (Å²) in [5.74, 6) is 2.19. The van der Waals surface area contributed by atoms with E-state index in [9.17, 15) is 4.79 Å². The maximum Gasteiger partial charge on any atom is 0.305 e. The second-order valence-electron chi connectivity index (χ2n) is 6.33. The van der Waals surface area contributed by atoms with Crippen LogP contribution in [0, 0.1) is 0 Å². The molecule has 0 unspecified atom stereocenters. The van der Waals surface area contributed by atoms with Gasteiger partial charge in [-0.3, -0.25) is 9.36 Å². The number of para-hydroxylation sites is 2. The van der Waals surface area contributed by atoms with Gasteiger partial charge in [0.2, 0.25) is 0 Å². The minimum absolute atomic E-state index is 0.163. The Balaban J connectivity index is 1.83. The van der Waals surface area contributed by atoms with Crippen molar-refractivity contribution in [3.63, 3.8) is 0 Å². The molecular weight excluding hydrogens is 386 g/mol. The first-order valence-electron chi connectivity index (χ1n) is 9.63. The van der Waals surface area contributed by atoms with Gasteiger partial charge in [-0.15, -0.1) is 10.2 Å². The monoisotopic (exact) mass is 411 g/mol. The molecule has 0 N–H and O–H groups in total. The quantitative estimate of drug-likeness (QED) is 0.281. The molecule has 2 aromatic carbocycles. The van der Waals surface area contributed by atoms with Crippen molar-refractivity contribution >= 4 is 17.7 Å². The molecule has 0 aliphatic rings. The number of benzene rings is 2. The standard InChI is InChI=1S/C22H25N3O3S/c1-3-28-21(26)14-9-15-29-22-24-23-20(16-17-10-5-4-6-11-17)25(22)18-12-7-8-13-19(18)27-2/h4-8,10-13H,3,9,14-16H2,1-2H3. The van der Waals surface area contributed by atoms with E-state index in [4.69, 9.17) is 9.47 Å². The van der Waals surface area contributed by atoms with Gasteiger partial charge < -0.3 is 9.47 Å². The van der Waals surface area contributed by atoms with E-state index in [2.05, 4.69) is 22.3 Å². The third-order valence-corrected chi connectivity index (χ3v) is 5.31. The maximum atomic E-state index is 11.6. The summed E-state index contributed by atoms with van der Waals surface area (Å²) >= 11 is 1.58. The lowest BCUT2D eigenvalue weighted by atomic mass is 10.1. The van der Waals surface area contributed by atoms with Crippen LogP contribution in [0.2, 0.25) is 0 Å². The summed E-state index contributed by atoms with van der Waals surface area (Å²) in [4.78, 5) is 11.6. The topological polar surface area (TPSA) is 66.2 Å². The average molecular weight is 412 g/mol. The van der Waals surface area contributed by atoms with Crippen LogP contribution in [0.5, 0.6) is 5.75 Å². The molecule has 0 saturated carbocycles. The molecule has 3 rings (SSSR count). The van der Waals surface area contributed by atoms with Crippen LogP contribution in [0.3, 0.4) is 0 Å². The largest absolute Gasteiger partial charge is 0.495 e. The highest BCUT2D eigenvalue weighted by Crippen LogP contribution is 2.29. The SMILES string of the molecule is CCOC(=O)CCCSc1nnc(Cc2ccccc2)n1-c1ccccc1OC. The van der Waals surface area contributed by atoms with Gasteiger partial charge in [0.25, 0.3) is 0 Å². The Labute approximate surface area is 175 Å². The maximum absolute atomic E-state index is 11.6. The number of aromatic nitrogens is 3. The number of rotatable bonds is 10. The van der Waals surface area contributed by atoms with Crippen LogP contribution in [0.1, 0.15) is 31.2 Å².